The first-order valence-electron chi connectivity index (χ1n) is 2.66. The smallest absolute Gasteiger partial charge is 0.224 e. The van der Waals surface area contributed by atoms with E-state index in [1.807, 2.05) is 0 Å². The van der Waals surface area contributed by atoms with Gasteiger partial charge in [-0.15, -0.1) is 0 Å². The van der Waals surface area contributed by atoms with Crippen LogP contribution < -0.4 is 4.29 Å². The van der Waals surface area contributed by atoms with Gasteiger partial charge in [-0.05, 0) is 11.6 Å². The lowest BCUT2D eigenvalue weighted by atomic mass is 10.4. The van der Waals surface area contributed by atoms with Gasteiger partial charge in [0.15, 0.2) is 17.1 Å². The van der Waals surface area contributed by atoms with E-state index in [9.17, 15) is 4.79 Å². The summed E-state index contributed by atoms with van der Waals surface area (Å²) in [6.07, 6.45) is 0.414. The molecule has 0 aliphatic rings. The fourth-order valence-electron chi connectivity index (χ4n) is 0.564. The quantitative estimate of drug-likeness (QED) is 0.441. The molecule has 0 amide bonds. The Hall–Kier alpha value is -0.580. The Morgan fingerprint density at radius 2 is 2.00 bits per heavy atom. The van der Waals surface area contributed by atoms with Gasteiger partial charge in [0.25, 0.3) is 0 Å². The predicted molar refractivity (Wildman–Crippen MR) is 43.9 cm³/mol. The van der Waals surface area contributed by atoms with Crippen LogP contribution in [0.1, 0.15) is 10.5 Å². The molecule has 1 rings (SSSR count). The van der Waals surface area contributed by atoms with Gasteiger partial charge in [-0.2, -0.15) is 0 Å². The molecule has 64 valence electrons. The molecule has 0 saturated heterocycles. The number of halogens is 3. The Labute approximate surface area is 82.6 Å². The minimum atomic E-state index is -0.139. The van der Waals surface area contributed by atoms with Crippen LogP contribution in [0.4, 0.5) is 0 Å². The summed E-state index contributed by atoms with van der Waals surface area (Å²) in [6.45, 7) is 0. The first-order valence-corrected chi connectivity index (χ1v) is 3.72. The second kappa shape index (κ2) is 3.89. The maximum Gasteiger partial charge on any atom is 0.224 e. The lowest BCUT2D eigenvalue weighted by Crippen LogP contribution is -1.95. The van der Waals surface area contributed by atoms with Crippen molar-refractivity contribution >= 4 is 41.4 Å². The van der Waals surface area contributed by atoms with Crippen molar-refractivity contribution < 1.29 is 9.08 Å². The number of rotatable bonds is 2. The molecule has 0 bridgehead atoms. The van der Waals surface area contributed by atoms with Crippen molar-refractivity contribution in [1.82, 2.24) is 9.97 Å². The van der Waals surface area contributed by atoms with Gasteiger partial charge in [-0.3, -0.25) is 4.79 Å². The number of carbonyl (C=O) groups excluding carboxylic acids is 1. The van der Waals surface area contributed by atoms with Crippen LogP contribution in [-0.4, -0.2) is 16.3 Å². The first-order chi connectivity index (χ1) is 5.69. The third kappa shape index (κ3) is 1.77. The standard InChI is InChI=1S/C5HCl3N2O2/c6-4-3(12-8)2(1-11)9-5(7)10-4/h1H. The van der Waals surface area contributed by atoms with Crippen LogP contribution in [0.3, 0.4) is 0 Å². The summed E-state index contributed by atoms with van der Waals surface area (Å²) >= 11 is 15.9. The Balaban J connectivity index is 3.33. The molecule has 12 heavy (non-hydrogen) atoms. The summed E-state index contributed by atoms with van der Waals surface area (Å²) < 4.78 is 4.25. The molecule has 0 unspecified atom stereocenters. The molecular formula is C5HCl3N2O2. The Morgan fingerprint density at radius 3 is 2.50 bits per heavy atom. The Kier molecular flexibility index (Phi) is 3.08. The molecular weight excluding hydrogens is 226 g/mol. The number of nitrogens with zero attached hydrogens (tertiary/aromatic N) is 2. The van der Waals surface area contributed by atoms with Gasteiger partial charge in [0.1, 0.15) is 11.9 Å². The van der Waals surface area contributed by atoms with Gasteiger partial charge >= 0.3 is 0 Å². The number of aldehydes is 1. The summed E-state index contributed by atoms with van der Waals surface area (Å²) in [5.74, 6) is -0.0993. The minimum Gasteiger partial charge on any atom is -0.380 e. The van der Waals surface area contributed by atoms with Crippen molar-refractivity contribution in [2.75, 3.05) is 0 Å². The molecule has 0 aliphatic heterocycles. The summed E-state index contributed by atoms with van der Waals surface area (Å²) in [6, 6.07) is 0. The molecule has 0 saturated carbocycles. The number of aromatic nitrogens is 2. The molecule has 1 aromatic rings. The van der Waals surface area contributed by atoms with Crippen LogP contribution in [0, 0.1) is 0 Å². The highest BCUT2D eigenvalue weighted by atomic mass is 35.5. The highest BCUT2D eigenvalue weighted by Gasteiger charge is 2.12. The zero-order valence-electron chi connectivity index (χ0n) is 5.42. The number of carbonyl (C=O) groups is 1. The molecule has 0 aliphatic carbocycles. The van der Waals surface area contributed by atoms with E-state index in [-0.39, 0.29) is 21.9 Å². The number of hydrogen-bond donors (Lipinski definition) is 0. The minimum absolute atomic E-state index is 0.0880. The molecule has 0 fully saturated rings. The van der Waals surface area contributed by atoms with E-state index in [4.69, 9.17) is 35.1 Å². The SMILES string of the molecule is O=Cc1nc(Cl)nc(Cl)c1OCl. The highest BCUT2D eigenvalue weighted by Crippen LogP contribution is 2.26. The van der Waals surface area contributed by atoms with E-state index in [0.29, 0.717) is 6.29 Å². The van der Waals surface area contributed by atoms with Crippen LogP contribution in [-0.2, 0) is 0 Å². The Bertz CT molecular complexity index is 318. The lowest BCUT2D eigenvalue weighted by Gasteiger charge is -2.00. The largest absolute Gasteiger partial charge is 0.380 e. The second-order valence-corrected chi connectivity index (χ2v) is 2.54. The zero-order valence-corrected chi connectivity index (χ0v) is 7.69. The second-order valence-electron chi connectivity index (χ2n) is 1.69. The third-order valence-corrected chi connectivity index (χ3v) is 1.59. The van der Waals surface area contributed by atoms with Crippen LogP contribution >= 0.6 is 35.1 Å². The average molecular weight is 227 g/mol. The maximum atomic E-state index is 10.3. The van der Waals surface area contributed by atoms with E-state index in [2.05, 4.69) is 14.3 Å². The van der Waals surface area contributed by atoms with Gasteiger partial charge in [0.2, 0.25) is 11.0 Å². The topological polar surface area (TPSA) is 52.1 Å². The first kappa shape index (κ1) is 9.51. The summed E-state index contributed by atoms with van der Waals surface area (Å²) in [5, 5.41) is -0.244. The molecule has 4 nitrogen and oxygen atoms in total. The zero-order chi connectivity index (χ0) is 9.14. The van der Waals surface area contributed by atoms with Crippen molar-refractivity contribution in [1.29, 1.82) is 0 Å². The lowest BCUT2D eigenvalue weighted by molar-refractivity contribution is 0.111. The molecule has 0 atom stereocenters. The normalized spacial score (nSPS) is 9.58. The monoisotopic (exact) mass is 226 g/mol. The van der Waals surface area contributed by atoms with Crippen molar-refractivity contribution in [2.45, 2.75) is 0 Å². The van der Waals surface area contributed by atoms with E-state index in [1.165, 1.54) is 0 Å². The molecule has 0 spiro atoms. The van der Waals surface area contributed by atoms with Gasteiger partial charge in [0.05, 0.1) is 0 Å². The predicted octanol–water partition coefficient (Wildman–Crippen LogP) is 2.13. The van der Waals surface area contributed by atoms with Crippen LogP contribution in [0.15, 0.2) is 0 Å². The fraction of sp³-hybridized carbons (Fsp3) is 0. The van der Waals surface area contributed by atoms with Gasteiger partial charge in [-0.25, -0.2) is 9.97 Å². The summed E-state index contributed by atoms with van der Waals surface area (Å²) in [7, 11) is 0. The molecule has 7 heteroatoms. The van der Waals surface area contributed by atoms with Gasteiger partial charge < -0.3 is 4.29 Å². The molecule has 1 aromatic heterocycles. The fourth-order valence-corrected chi connectivity index (χ4v) is 1.19. The van der Waals surface area contributed by atoms with E-state index in [1.54, 1.807) is 0 Å². The Morgan fingerprint density at radius 1 is 1.33 bits per heavy atom. The van der Waals surface area contributed by atoms with Crippen molar-refractivity contribution in [3.8, 4) is 5.75 Å². The summed E-state index contributed by atoms with van der Waals surface area (Å²) in [5.41, 5.74) is -0.0880. The van der Waals surface area contributed by atoms with Gasteiger partial charge in [-0.1, -0.05) is 11.6 Å². The van der Waals surface area contributed by atoms with E-state index >= 15 is 0 Å². The van der Waals surface area contributed by atoms with Gasteiger partial charge in [0, 0.05) is 0 Å². The molecule has 0 aromatic carbocycles. The summed E-state index contributed by atoms with van der Waals surface area (Å²) in [4.78, 5) is 17.4. The van der Waals surface area contributed by atoms with Crippen LogP contribution in [0.2, 0.25) is 10.4 Å². The third-order valence-electron chi connectivity index (χ3n) is 1.01. The number of hydrogen-bond acceptors (Lipinski definition) is 4. The van der Waals surface area contributed by atoms with Crippen molar-refractivity contribution in [2.24, 2.45) is 0 Å². The van der Waals surface area contributed by atoms with E-state index < -0.39 is 0 Å². The van der Waals surface area contributed by atoms with E-state index in [0.717, 1.165) is 0 Å². The van der Waals surface area contributed by atoms with Crippen molar-refractivity contribution in [3.05, 3.63) is 16.1 Å². The van der Waals surface area contributed by atoms with Crippen LogP contribution in [0.25, 0.3) is 0 Å². The van der Waals surface area contributed by atoms with Crippen molar-refractivity contribution in [3.63, 3.8) is 0 Å². The highest BCUT2D eigenvalue weighted by molar-refractivity contribution is 6.33. The van der Waals surface area contributed by atoms with Crippen LogP contribution in [0.5, 0.6) is 5.75 Å². The molecule has 1 heterocycles. The molecule has 0 N–H and O–H groups in total. The molecule has 0 radical (unpaired) electrons. The average Bonchev–Trinajstić information content (AvgIpc) is 2.03. The maximum absolute atomic E-state index is 10.3.